The van der Waals surface area contributed by atoms with E-state index in [4.69, 9.17) is 22.1 Å². The predicted octanol–water partition coefficient (Wildman–Crippen LogP) is 2.80. The molecule has 1 aromatic rings. The molecule has 0 aromatic heterocycles. The molecule has 1 aliphatic rings. The molecular formula is C17H23ClN2O3. The maximum atomic E-state index is 12.7. The number of Topliss-reactive ketones (excluding diaryl/α,β-unsaturated/α-hetero) is 1. The molecule has 0 unspecified atom stereocenters. The maximum Gasteiger partial charge on any atom is 0.407 e. The van der Waals surface area contributed by atoms with Crippen LogP contribution in [0, 0.1) is 0 Å². The van der Waals surface area contributed by atoms with Crippen LogP contribution in [0.4, 0.5) is 4.79 Å². The molecule has 0 aliphatic heterocycles. The summed E-state index contributed by atoms with van der Waals surface area (Å²) in [6.07, 6.45) is 3.07. The van der Waals surface area contributed by atoms with Gasteiger partial charge in [-0.1, -0.05) is 36.2 Å². The number of nitrogens with one attached hydrogen (secondary N) is 1. The Hall–Kier alpha value is -1.59. The maximum absolute atomic E-state index is 12.7. The molecular weight excluding hydrogens is 316 g/mol. The van der Waals surface area contributed by atoms with Crippen LogP contribution in [0.1, 0.15) is 37.7 Å². The third-order valence-corrected chi connectivity index (χ3v) is 4.61. The first-order valence-electron chi connectivity index (χ1n) is 7.99. The standard InChI is InChI=1S/C17H23ClN2O3/c18-14-7-2-1-6-13(14)17(9-4-3-8-15(17)21)12-23-16(22)20-11-5-10-19/h1-2,6-7H,3-5,8-12,19H2,(H,20,22)/t17-/m1/s1. The van der Waals surface area contributed by atoms with Crippen molar-refractivity contribution in [3.8, 4) is 0 Å². The van der Waals surface area contributed by atoms with E-state index in [1.165, 1.54) is 0 Å². The molecule has 23 heavy (non-hydrogen) atoms. The zero-order valence-electron chi connectivity index (χ0n) is 13.1. The first kappa shape index (κ1) is 17.8. The summed E-state index contributed by atoms with van der Waals surface area (Å²) in [4.78, 5) is 24.5. The van der Waals surface area contributed by atoms with Crippen LogP contribution in [-0.2, 0) is 14.9 Å². The summed E-state index contributed by atoms with van der Waals surface area (Å²) in [5.41, 5.74) is 5.31. The summed E-state index contributed by atoms with van der Waals surface area (Å²) in [5.74, 6) is 0.0895. The first-order chi connectivity index (χ1) is 11.1. The van der Waals surface area contributed by atoms with Crippen molar-refractivity contribution in [2.45, 2.75) is 37.5 Å². The van der Waals surface area contributed by atoms with Crippen LogP contribution in [0.15, 0.2) is 24.3 Å². The van der Waals surface area contributed by atoms with Crippen molar-refractivity contribution < 1.29 is 14.3 Å². The lowest BCUT2D eigenvalue weighted by atomic mass is 9.69. The van der Waals surface area contributed by atoms with Crippen LogP contribution in [0.5, 0.6) is 0 Å². The Bertz CT molecular complexity index is 565. The van der Waals surface area contributed by atoms with E-state index in [-0.39, 0.29) is 12.4 Å². The summed E-state index contributed by atoms with van der Waals surface area (Å²) in [7, 11) is 0. The number of carbonyl (C=O) groups is 2. The monoisotopic (exact) mass is 338 g/mol. The number of carbonyl (C=O) groups excluding carboxylic acids is 2. The number of ether oxygens (including phenoxy) is 1. The molecule has 0 radical (unpaired) electrons. The van der Waals surface area contributed by atoms with Crippen LogP contribution >= 0.6 is 11.6 Å². The summed E-state index contributed by atoms with van der Waals surface area (Å²) < 4.78 is 5.34. The average Bonchev–Trinajstić information content (AvgIpc) is 2.55. The predicted molar refractivity (Wildman–Crippen MR) is 89.6 cm³/mol. The number of alkyl carbamates (subject to hydrolysis) is 1. The molecule has 126 valence electrons. The van der Waals surface area contributed by atoms with Crippen LogP contribution in [0.2, 0.25) is 5.02 Å². The fraction of sp³-hybridized carbons (Fsp3) is 0.529. The van der Waals surface area contributed by atoms with E-state index in [9.17, 15) is 9.59 Å². The Morgan fingerprint density at radius 2 is 2.13 bits per heavy atom. The van der Waals surface area contributed by atoms with E-state index in [0.29, 0.717) is 37.4 Å². The van der Waals surface area contributed by atoms with Crippen LogP contribution in [0.3, 0.4) is 0 Å². The summed E-state index contributed by atoms with van der Waals surface area (Å²) in [6.45, 7) is 0.981. The number of rotatable bonds is 6. The van der Waals surface area contributed by atoms with Gasteiger partial charge in [0.15, 0.2) is 0 Å². The Morgan fingerprint density at radius 3 is 2.83 bits per heavy atom. The largest absolute Gasteiger partial charge is 0.448 e. The minimum atomic E-state index is -0.832. The zero-order valence-corrected chi connectivity index (χ0v) is 13.9. The molecule has 1 aromatic carbocycles. The molecule has 2 rings (SSSR count). The fourth-order valence-corrected chi connectivity index (χ4v) is 3.30. The topological polar surface area (TPSA) is 81.4 Å². The van der Waals surface area contributed by atoms with Gasteiger partial charge in [0.1, 0.15) is 12.4 Å². The van der Waals surface area contributed by atoms with Crippen LogP contribution < -0.4 is 11.1 Å². The van der Waals surface area contributed by atoms with E-state index >= 15 is 0 Å². The van der Waals surface area contributed by atoms with Crippen molar-refractivity contribution in [3.05, 3.63) is 34.9 Å². The molecule has 1 atom stereocenters. The Morgan fingerprint density at radius 1 is 1.35 bits per heavy atom. The zero-order chi connectivity index (χ0) is 16.7. The van der Waals surface area contributed by atoms with E-state index in [1.807, 2.05) is 18.2 Å². The first-order valence-corrected chi connectivity index (χ1v) is 8.37. The lowest BCUT2D eigenvalue weighted by molar-refractivity contribution is -0.128. The number of hydrogen-bond donors (Lipinski definition) is 2. The average molecular weight is 339 g/mol. The molecule has 0 heterocycles. The third kappa shape index (κ3) is 4.24. The van der Waals surface area contributed by atoms with Gasteiger partial charge >= 0.3 is 6.09 Å². The second-order valence-electron chi connectivity index (χ2n) is 5.84. The van der Waals surface area contributed by atoms with Crippen molar-refractivity contribution in [2.24, 2.45) is 5.73 Å². The highest BCUT2D eigenvalue weighted by Crippen LogP contribution is 2.40. The Kier molecular flexibility index (Phi) is 6.42. The highest BCUT2D eigenvalue weighted by atomic mass is 35.5. The molecule has 6 heteroatoms. The van der Waals surface area contributed by atoms with Gasteiger partial charge in [-0.3, -0.25) is 4.79 Å². The molecule has 1 saturated carbocycles. The summed E-state index contributed by atoms with van der Waals surface area (Å²) in [5, 5.41) is 3.17. The van der Waals surface area contributed by atoms with Gasteiger partial charge in [0.2, 0.25) is 0 Å². The van der Waals surface area contributed by atoms with Crippen LogP contribution in [0.25, 0.3) is 0 Å². The highest BCUT2D eigenvalue weighted by molar-refractivity contribution is 6.31. The fourth-order valence-electron chi connectivity index (χ4n) is 2.99. The summed E-state index contributed by atoms with van der Waals surface area (Å²) in [6, 6.07) is 7.29. The smallest absolute Gasteiger partial charge is 0.407 e. The molecule has 0 bridgehead atoms. The van der Waals surface area contributed by atoms with Gasteiger partial charge in [0.05, 0.1) is 5.41 Å². The lowest BCUT2D eigenvalue weighted by Gasteiger charge is -2.36. The van der Waals surface area contributed by atoms with E-state index in [1.54, 1.807) is 6.07 Å². The van der Waals surface area contributed by atoms with Crippen molar-refractivity contribution in [2.75, 3.05) is 19.7 Å². The normalized spacial score (nSPS) is 21.0. The van der Waals surface area contributed by atoms with Gasteiger partial charge in [0.25, 0.3) is 0 Å². The molecule has 1 amide bonds. The minimum absolute atomic E-state index is 0.0179. The molecule has 1 fully saturated rings. The number of nitrogens with two attached hydrogens (primary N) is 1. The van der Waals surface area contributed by atoms with E-state index in [0.717, 1.165) is 18.4 Å². The lowest BCUT2D eigenvalue weighted by Crippen LogP contribution is -2.44. The Labute approximate surface area is 141 Å². The number of benzene rings is 1. The molecule has 0 saturated heterocycles. The quantitative estimate of drug-likeness (QED) is 0.781. The van der Waals surface area contributed by atoms with Gasteiger partial charge in [-0.25, -0.2) is 4.79 Å². The van der Waals surface area contributed by atoms with E-state index < -0.39 is 11.5 Å². The van der Waals surface area contributed by atoms with Crippen molar-refractivity contribution in [1.29, 1.82) is 0 Å². The van der Waals surface area contributed by atoms with Gasteiger partial charge in [-0.15, -0.1) is 0 Å². The third-order valence-electron chi connectivity index (χ3n) is 4.28. The van der Waals surface area contributed by atoms with Crippen LogP contribution in [-0.4, -0.2) is 31.6 Å². The van der Waals surface area contributed by atoms with E-state index in [2.05, 4.69) is 5.32 Å². The highest BCUT2D eigenvalue weighted by Gasteiger charge is 2.43. The van der Waals surface area contributed by atoms with Crippen molar-refractivity contribution in [3.63, 3.8) is 0 Å². The van der Waals surface area contributed by atoms with Gasteiger partial charge in [-0.2, -0.15) is 0 Å². The van der Waals surface area contributed by atoms with Crippen molar-refractivity contribution >= 4 is 23.5 Å². The number of amides is 1. The SMILES string of the molecule is NCCCNC(=O)OC[C@@]1(c2ccccc2Cl)CCCCC1=O. The minimum Gasteiger partial charge on any atom is -0.448 e. The number of ketones is 1. The second-order valence-corrected chi connectivity index (χ2v) is 6.24. The Balaban J connectivity index is 2.14. The second kappa shape index (κ2) is 8.31. The number of hydrogen-bond acceptors (Lipinski definition) is 4. The number of halogens is 1. The molecule has 5 nitrogen and oxygen atoms in total. The van der Waals surface area contributed by atoms with Gasteiger partial charge in [0, 0.05) is 18.0 Å². The molecule has 3 N–H and O–H groups in total. The molecule has 1 aliphatic carbocycles. The summed E-state index contributed by atoms with van der Waals surface area (Å²) >= 11 is 6.31. The van der Waals surface area contributed by atoms with Crippen molar-refractivity contribution in [1.82, 2.24) is 5.32 Å². The van der Waals surface area contributed by atoms with Gasteiger partial charge < -0.3 is 15.8 Å². The molecule has 0 spiro atoms. The van der Waals surface area contributed by atoms with Gasteiger partial charge in [-0.05, 0) is 37.4 Å².